The largest absolute Gasteiger partial charge is 0.353 e. The first kappa shape index (κ1) is 21.9. The van der Waals surface area contributed by atoms with E-state index in [2.05, 4.69) is 62.2 Å². The van der Waals surface area contributed by atoms with Crippen LogP contribution in [-0.2, 0) is 0 Å². The third kappa shape index (κ3) is 4.66. The second-order valence-corrected chi connectivity index (χ2v) is 8.79. The third-order valence-corrected chi connectivity index (χ3v) is 6.46. The van der Waals surface area contributed by atoms with Gasteiger partial charge in [0.2, 0.25) is 0 Å². The summed E-state index contributed by atoms with van der Waals surface area (Å²) in [6.07, 6.45) is 5.63. The van der Waals surface area contributed by atoms with Gasteiger partial charge in [0, 0.05) is 67.5 Å². The molecule has 6 heteroatoms. The van der Waals surface area contributed by atoms with E-state index in [4.69, 9.17) is 9.97 Å². The average molecular weight is 471 g/mol. The number of hydrogen-bond acceptors (Lipinski definition) is 6. The zero-order chi connectivity index (χ0) is 24.2. The van der Waals surface area contributed by atoms with Crippen molar-refractivity contribution in [3.8, 4) is 33.8 Å². The van der Waals surface area contributed by atoms with Gasteiger partial charge in [-0.2, -0.15) is 0 Å². The predicted molar refractivity (Wildman–Crippen MR) is 145 cm³/mol. The van der Waals surface area contributed by atoms with Crippen molar-refractivity contribution < 1.29 is 0 Å². The molecule has 6 rings (SSSR count). The van der Waals surface area contributed by atoms with Gasteiger partial charge in [0.05, 0.1) is 5.69 Å². The van der Waals surface area contributed by atoms with Gasteiger partial charge in [-0.15, -0.1) is 0 Å². The van der Waals surface area contributed by atoms with E-state index < -0.39 is 0 Å². The van der Waals surface area contributed by atoms with E-state index in [1.807, 2.05) is 67.1 Å². The maximum absolute atomic E-state index is 4.99. The van der Waals surface area contributed by atoms with Crippen LogP contribution in [0.15, 0.2) is 110 Å². The van der Waals surface area contributed by atoms with Crippen molar-refractivity contribution in [2.45, 2.75) is 0 Å². The van der Waals surface area contributed by atoms with Gasteiger partial charge in [-0.1, -0.05) is 66.7 Å². The number of benzene rings is 2. The number of anilines is 2. The van der Waals surface area contributed by atoms with Gasteiger partial charge in [0.25, 0.3) is 0 Å². The molecular weight excluding hydrogens is 444 g/mol. The molecule has 0 unspecified atom stereocenters. The molecule has 1 aliphatic rings. The van der Waals surface area contributed by atoms with Crippen LogP contribution in [0, 0.1) is 0 Å². The van der Waals surface area contributed by atoms with Gasteiger partial charge in [-0.3, -0.25) is 4.98 Å². The van der Waals surface area contributed by atoms with Gasteiger partial charge in [0.15, 0.2) is 5.82 Å². The van der Waals surface area contributed by atoms with Crippen LogP contribution in [0.2, 0.25) is 0 Å². The lowest BCUT2D eigenvalue weighted by Gasteiger charge is -2.36. The Kier molecular flexibility index (Phi) is 6.06. The quantitative estimate of drug-likeness (QED) is 0.334. The fourth-order valence-corrected chi connectivity index (χ4v) is 4.53. The van der Waals surface area contributed by atoms with Crippen LogP contribution < -0.4 is 9.80 Å². The molecule has 3 aromatic heterocycles. The second kappa shape index (κ2) is 9.96. The molecule has 1 aliphatic heterocycles. The molecule has 0 spiro atoms. The highest BCUT2D eigenvalue weighted by Crippen LogP contribution is 2.29. The van der Waals surface area contributed by atoms with Gasteiger partial charge in [-0.05, 0) is 23.8 Å². The molecule has 1 fully saturated rings. The smallest absolute Gasteiger partial charge is 0.162 e. The Morgan fingerprint density at radius 1 is 0.528 bits per heavy atom. The van der Waals surface area contributed by atoms with Crippen molar-refractivity contribution in [1.29, 1.82) is 0 Å². The summed E-state index contributed by atoms with van der Waals surface area (Å²) >= 11 is 0. The SMILES string of the molecule is c1ccc(-c2cncc(-c3cc(N4CCN(c5ccccn5)CC4)nc(-c4ccccc4)n3)c2)cc1. The summed E-state index contributed by atoms with van der Waals surface area (Å²) in [5, 5.41) is 0. The van der Waals surface area contributed by atoms with E-state index in [-0.39, 0.29) is 0 Å². The summed E-state index contributed by atoms with van der Waals surface area (Å²) in [6, 6.07) is 30.8. The third-order valence-electron chi connectivity index (χ3n) is 6.46. The van der Waals surface area contributed by atoms with Gasteiger partial charge in [-0.25, -0.2) is 15.0 Å². The maximum Gasteiger partial charge on any atom is 0.162 e. The summed E-state index contributed by atoms with van der Waals surface area (Å²) in [5.41, 5.74) is 5.05. The highest BCUT2D eigenvalue weighted by molar-refractivity contribution is 5.73. The topological polar surface area (TPSA) is 58.0 Å². The van der Waals surface area contributed by atoms with Crippen molar-refractivity contribution in [3.05, 3.63) is 110 Å². The normalized spacial score (nSPS) is 13.6. The minimum absolute atomic E-state index is 0.723. The average Bonchev–Trinajstić information content (AvgIpc) is 2.98. The second-order valence-electron chi connectivity index (χ2n) is 8.79. The lowest BCUT2D eigenvalue weighted by Crippen LogP contribution is -2.47. The Hall–Kier alpha value is -4.58. The molecule has 0 N–H and O–H groups in total. The Bertz CT molecular complexity index is 1430. The monoisotopic (exact) mass is 470 g/mol. The molecule has 0 bridgehead atoms. The maximum atomic E-state index is 4.99. The predicted octanol–water partition coefficient (Wildman–Crippen LogP) is 5.59. The zero-order valence-electron chi connectivity index (χ0n) is 19.9. The number of nitrogens with zero attached hydrogens (tertiary/aromatic N) is 6. The first-order valence-corrected chi connectivity index (χ1v) is 12.2. The van der Waals surface area contributed by atoms with E-state index >= 15 is 0 Å². The number of hydrogen-bond donors (Lipinski definition) is 0. The Labute approximate surface area is 211 Å². The lowest BCUT2D eigenvalue weighted by atomic mass is 10.0. The highest BCUT2D eigenvalue weighted by Gasteiger charge is 2.21. The van der Waals surface area contributed by atoms with Crippen molar-refractivity contribution in [1.82, 2.24) is 19.9 Å². The van der Waals surface area contributed by atoms with Crippen molar-refractivity contribution in [2.75, 3.05) is 36.0 Å². The summed E-state index contributed by atoms with van der Waals surface area (Å²) in [7, 11) is 0. The first-order chi connectivity index (χ1) is 17.8. The molecule has 0 saturated carbocycles. The van der Waals surface area contributed by atoms with Crippen molar-refractivity contribution in [2.24, 2.45) is 0 Å². The van der Waals surface area contributed by atoms with Crippen molar-refractivity contribution in [3.63, 3.8) is 0 Å². The summed E-state index contributed by atoms with van der Waals surface area (Å²) in [5.74, 6) is 2.68. The van der Waals surface area contributed by atoms with Crippen LogP contribution in [0.25, 0.3) is 33.8 Å². The molecule has 1 saturated heterocycles. The van der Waals surface area contributed by atoms with Crippen LogP contribution in [-0.4, -0.2) is 46.1 Å². The highest BCUT2D eigenvalue weighted by atomic mass is 15.3. The number of piperazine rings is 1. The van der Waals surface area contributed by atoms with E-state index in [1.165, 1.54) is 0 Å². The molecule has 2 aromatic carbocycles. The molecule has 176 valence electrons. The Balaban J connectivity index is 1.35. The van der Waals surface area contributed by atoms with Crippen LogP contribution in [0.1, 0.15) is 0 Å². The Morgan fingerprint density at radius 3 is 1.86 bits per heavy atom. The number of aromatic nitrogens is 4. The molecule has 0 amide bonds. The first-order valence-electron chi connectivity index (χ1n) is 12.2. The van der Waals surface area contributed by atoms with Gasteiger partial charge in [0.1, 0.15) is 11.6 Å². The molecule has 6 nitrogen and oxygen atoms in total. The lowest BCUT2D eigenvalue weighted by molar-refractivity contribution is 0.641. The minimum Gasteiger partial charge on any atom is -0.353 e. The fourth-order valence-electron chi connectivity index (χ4n) is 4.53. The molecule has 5 aromatic rings. The molecule has 4 heterocycles. The zero-order valence-corrected chi connectivity index (χ0v) is 19.9. The van der Waals surface area contributed by atoms with Crippen LogP contribution in [0.4, 0.5) is 11.6 Å². The van der Waals surface area contributed by atoms with Crippen LogP contribution in [0.3, 0.4) is 0 Å². The molecule has 0 atom stereocenters. The van der Waals surface area contributed by atoms with Crippen molar-refractivity contribution >= 4 is 11.6 Å². The van der Waals surface area contributed by atoms with E-state index in [0.29, 0.717) is 0 Å². The molecule has 0 aliphatic carbocycles. The van der Waals surface area contributed by atoms with Crippen LogP contribution in [0.5, 0.6) is 0 Å². The summed E-state index contributed by atoms with van der Waals surface area (Å²) in [6.45, 7) is 3.51. The van der Waals surface area contributed by atoms with E-state index in [9.17, 15) is 0 Å². The number of pyridine rings is 2. The Morgan fingerprint density at radius 2 is 1.17 bits per heavy atom. The summed E-state index contributed by atoms with van der Waals surface area (Å²) in [4.78, 5) is 23.7. The molecule has 0 radical (unpaired) electrons. The van der Waals surface area contributed by atoms with Gasteiger partial charge < -0.3 is 9.80 Å². The summed E-state index contributed by atoms with van der Waals surface area (Å²) < 4.78 is 0. The molecule has 36 heavy (non-hydrogen) atoms. The van der Waals surface area contributed by atoms with E-state index in [0.717, 1.165) is 71.6 Å². The molecular formula is C30H26N6. The minimum atomic E-state index is 0.723. The van der Waals surface area contributed by atoms with E-state index in [1.54, 1.807) is 0 Å². The van der Waals surface area contributed by atoms with Crippen LogP contribution >= 0.6 is 0 Å². The van der Waals surface area contributed by atoms with Gasteiger partial charge >= 0.3 is 0 Å². The standard InChI is InChI=1S/C30H26N6/c1-3-9-23(10-4-1)25-19-26(22-31-21-25)27-20-29(34-30(33-27)24-11-5-2-6-12-24)36-17-15-35(16-18-36)28-13-7-8-14-32-28/h1-14,19-22H,15-18H2. The number of rotatable bonds is 5. The fraction of sp³-hybridized carbons (Fsp3) is 0.133.